The molecule has 318 valence electrons. The van der Waals surface area contributed by atoms with Gasteiger partial charge in [0.15, 0.2) is 24.8 Å². The standard InChI is InChI=1S/C50H76N4O4/c1-33(2)38-16-25-50(32-57-44(55)34(3)53-28-19-36(20-29-53)51(10)11)27-26-48(8)39(43(38)50)14-15-41-47(7)23-18-42(46(5,6)40(47)17-24-49(41,48)9)58-45(56)35(4)54-30-21-37(22-31-54)52(12)13/h19-22,28-31,34-35,38-43H,1,14-18,23-27,32H2,2-13H3/q+2/t34?,35?,38?,39?,40?,41?,42-,43?,47-,48+,49+,50+/m0/s1. The Kier molecular flexibility index (Phi) is 11.2. The third-order valence-corrected chi connectivity index (χ3v) is 18.2. The van der Waals surface area contributed by atoms with Gasteiger partial charge in [0.2, 0.25) is 0 Å². The molecule has 7 rings (SSSR count). The number of esters is 2. The Balaban J connectivity index is 1.08. The van der Waals surface area contributed by atoms with E-state index in [-0.39, 0.29) is 57.2 Å². The molecule has 8 heteroatoms. The van der Waals surface area contributed by atoms with E-state index in [1.165, 1.54) is 37.7 Å². The Labute approximate surface area is 350 Å². The van der Waals surface area contributed by atoms with Gasteiger partial charge >= 0.3 is 11.9 Å². The van der Waals surface area contributed by atoms with Crippen LogP contribution in [0, 0.1) is 56.7 Å². The molecule has 5 aliphatic rings. The summed E-state index contributed by atoms with van der Waals surface area (Å²) in [6.07, 6.45) is 19.3. The molecule has 0 saturated heterocycles. The fraction of sp³-hybridized carbons (Fsp3) is 0.720. The van der Waals surface area contributed by atoms with Crippen LogP contribution in [0.25, 0.3) is 0 Å². The van der Waals surface area contributed by atoms with Gasteiger partial charge in [0.1, 0.15) is 6.10 Å². The first kappa shape index (κ1) is 42.7. The monoisotopic (exact) mass is 797 g/mol. The number of fused-ring (bicyclic) bond motifs is 7. The fourth-order valence-corrected chi connectivity index (χ4v) is 14.5. The molecule has 0 radical (unpaired) electrons. The number of carbonyl (C=O) groups excluding carboxylic acids is 2. The topological polar surface area (TPSA) is 66.8 Å². The summed E-state index contributed by atoms with van der Waals surface area (Å²) in [5.41, 5.74) is 3.99. The molecule has 12 atom stereocenters. The Morgan fingerprint density at radius 1 is 0.724 bits per heavy atom. The predicted octanol–water partition coefficient (Wildman–Crippen LogP) is 9.33. The molecule has 2 heterocycles. The zero-order valence-corrected chi connectivity index (χ0v) is 38.1. The quantitative estimate of drug-likeness (QED) is 0.136. The summed E-state index contributed by atoms with van der Waals surface area (Å²) in [7, 11) is 8.11. The van der Waals surface area contributed by atoms with Crippen molar-refractivity contribution in [1.82, 2.24) is 0 Å². The van der Waals surface area contributed by atoms with E-state index in [0.717, 1.165) is 43.5 Å². The van der Waals surface area contributed by atoms with Crippen LogP contribution in [0.1, 0.15) is 132 Å². The molecule has 0 spiro atoms. The molecule has 0 aromatic carbocycles. The van der Waals surface area contributed by atoms with E-state index in [2.05, 4.69) is 70.1 Å². The third kappa shape index (κ3) is 6.79. The van der Waals surface area contributed by atoms with Crippen LogP contribution < -0.4 is 18.9 Å². The van der Waals surface area contributed by atoms with Gasteiger partial charge in [0.25, 0.3) is 12.1 Å². The number of rotatable bonds is 10. The first-order chi connectivity index (χ1) is 27.2. The molecule has 0 amide bonds. The molecule has 5 saturated carbocycles. The van der Waals surface area contributed by atoms with Crippen LogP contribution in [0.5, 0.6) is 0 Å². The van der Waals surface area contributed by atoms with E-state index >= 15 is 0 Å². The molecule has 0 N–H and O–H groups in total. The van der Waals surface area contributed by atoms with Crippen LogP contribution in [-0.2, 0) is 19.1 Å². The molecule has 8 nitrogen and oxygen atoms in total. The van der Waals surface area contributed by atoms with Gasteiger partial charge in [0, 0.05) is 88.5 Å². The maximum absolute atomic E-state index is 13.8. The van der Waals surface area contributed by atoms with Crippen LogP contribution in [0.3, 0.4) is 0 Å². The highest BCUT2D eigenvalue weighted by Gasteiger charge is 2.71. The zero-order chi connectivity index (χ0) is 42.2. The van der Waals surface area contributed by atoms with Crippen molar-refractivity contribution in [1.29, 1.82) is 0 Å². The fourth-order valence-electron chi connectivity index (χ4n) is 14.5. The first-order valence-corrected chi connectivity index (χ1v) is 22.6. The number of pyridine rings is 2. The molecule has 0 aliphatic heterocycles. The summed E-state index contributed by atoms with van der Waals surface area (Å²) in [5.74, 6) is 2.36. The summed E-state index contributed by atoms with van der Waals surface area (Å²) in [4.78, 5) is 31.6. The van der Waals surface area contributed by atoms with Crippen molar-refractivity contribution < 1.29 is 28.2 Å². The predicted molar refractivity (Wildman–Crippen MR) is 231 cm³/mol. The smallest absolute Gasteiger partial charge is 0.375 e. The minimum absolute atomic E-state index is 0.000656. The second-order valence-corrected chi connectivity index (χ2v) is 21.6. The van der Waals surface area contributed by atoms with E-state index in [9.17, 15) is 9.59 Å². The maximum atomic E-state index is 13.8. The molecule has 58 heavy (non-hydrogen) atoms. The number of aromatic nitrogens is 2. The van der Waals surface area contributed by atoms with Crippen LogP contribution in [-0.4, -0.2) is 52.8 Å². The first-order valence-electron chi connectivity index (χ1n) is 22.6. The highest BCUT2D eigenvalue weighted by molar-refractivity contribution is 5.72. The Morgan fingerprint density at radius 2 is 1.29 bits per heavy atom. The second kappa shape index (κ2) is 15.2. The molecule has 2 aromatic rings. The van der Waals surface area contributed by atoms with Gasteiger partial charge in [-0.3, -0.25) is 0 Å². The van der Waals surface area contributed by atoms with Crippen LogP contribution in [0.2, 0.25) is 0 Å². The highest BCUT2D eigenvalue weighted by atomic mass is 16.5. The number of carbonyl (C=O) groups is 2. The second-order valence-electron chi connectivity index (χ2n) is 21.6. The summed E-state index contributed by atoms with van der Waals surface area (Å²) < 4.78 is 16.9. The van der Waals surface area contributed by atoms with Crippen molar-refractivity contribution >= 4 is 23.3 Å². The number of ether oxygens (including phenoxy) is 2. The normalized spacial score (nSPS) is 37.2. The maximum Gasteiger partial charge on any atom is 0.375 e. The third-order valence-electron chi connectivity index (χ3n) is 18.2. The molecule has 5 aliphatic carbocycles. The van der Waals surface area contributed by atoms with Gasteiger partial charge in [-0.2, -0.15) is 9.13 Å². The number of hydrogen-bond acceptors (Lipinski definition) is 6. The SMILES string of the molecule is C=C(C)C1CC[C@]2(COC(=O)C(C)[n+]3ccc(N(C)C)cc3)CC[C@]3(C)C(CCC4[C@@]5(C)CC[C@H](OC(=O)C(C)[n+]6ccc(N(C)C)cc6)C(C)(C)C5CC[C@]43C)C12. The average Bonchev–Trinajstić information content (AvgIpc) is 3.58. The van der Waals surface area contributed by atoms with Crippen molar-refractivity contribution in [3.8, 4) is 0 Å². The van der Waals surface area contributed by atoms with E-state index in [1.54, 1.807) is 0 Å². The highest BCUT2D eigenvalue weighted by Crippen LogP contribution is 2.77. The van der Waals surface area contributed by atoms with Gasteiger partial charge in [-0.25, -0.2) is 9.59 Å². The summed E-state index contributed by atoms with van der Waals surface area (Å²) in [6.45, 7) is 24.1. The Hall–Kier alpha value is -3.42. The van der Waals surface area contributed by atoms with Crippen molar-refractivity contribution in [2.45, 2.75) is 138 Å². The van der Waals surface area contributed by atoms with E-state index in [4.69, 9.17) is 9.47 Å². The molecule has 0 bridgehead atoms. The van der Waals surface area contributed by atoms with Crippen molar-refractivity contribution in [3.63, 3.8) is 0 Å². The summed E-state index contributed by atoms with van der Waals surface area (Å²) in [6, 6.07) is 7.44. The Bertz CT molecular complexity index is 1860. The summed E-state index contributed by atoms with van der Waals surface area (Å²) in [5, 5.41) is 0. The summed E-state index contributed by atoms with van der Waals surface area (Å²) >= 11 is 0. The zero-order valence-electron chi connectivity index (χ0n) is 38.1. The van der Waals surface area contributed by atoms with Gasteiger partial charge in [0.05, 0.1) is 6.61 Å². The van der Waals surface area contributed by atoms with Crippen LogP contribution in [0.15, 0.2) is 61.2 Å². The molecular weight excluding hydrogens is 721 g/mol. The van der Waals surface area contributed by atoms with Gasteiger partial charge < -0.3 is 19.3 Å². The van der Waals surface area contributed by atoms with Crippen LogP contribution in [0.4, 0.5) is 11.4 Å². The Morgan fingerprint density at radius 3 is 1.84 bits per heavy atom. The minimum atomic E-state index is -0.381. The molecule has 7 unspecified atom stereocenters. The van der Waals surface area contributed by atoms with Crippen molar-refractivity contribution in [2.24, 2.45) is 56.7 Å². The van der Waals surface area contributed by atoms with Crippen LogP contribution >= 0.6 is 0 Å². The number of hydrogen-bond donors (Lipinski definition) is 0. The van der Waals surface area contributed by atoms with Gasteiger partial charge in [-0.15, -0.1) is 0 Å². The largest absolute Gasteiger partial charge is 0.460 e. The lowest BCUT2D eigenvalue weighted by Crippen LogP contribution is -2.67. The van der Waals surface area contributed by atoms with E-state index in [0.29, 0.717) is 36.2 Å². The number of allylic oxidation sites excluding steroid dienone is 1. The van der Waals surface area contributed by atoms with Crippen molar-refractivity contribution in [3.05, 3.63) is 61.2 Å². The molecule has 5 fully saturated rings. The lowest BCUT2D eigenvalue weighted by atomic mass is 9.32. The molecule has 2 aromatic heterocycles. The van der Waals surface area contributed by atoms with E-state index < -0.39 is 0 Å². The number of nitrogens with zero attached hydrogens (tertiary/aromatic N) is 4. The average molecular weight is 797 g/mol. The lowest BCUT2D eigenvalue weighted by Gasteiger charge is -2.73. The number of anilines is 2. The molecular formula is C50H76N4O4+2. The van der Waals surface area contributed by atoms with E-state index in [1.807, 2.05) is 88.1 Å². The lowest BCUT2D eigenvalue weighted by molar-refractivity contribution is -0.707. The van der Waals surface area contributed by atoms with Crippen molar-refractivity contribution in [2.75, 3.05) is 44.6 Å². The van der Waals surface area contributed by atoms with Gasteiger partial charge in [-0.1, -0.05) is 46.8 Å². The van der Waals surface area contributed by atoms with Gasteiger partial charge in [-0.05, 0) is 117 Å². The minimum Gasteiger partial charge on any atom is -0.460 e.